The second kappa shape index (κ2) is 3.98. The average Bonchev–Trinajstić information content (AvgIpc) is 2.72. The number of nitrogens with one attached hydrogen (secondary N) is 1. The number of hydrogen-bond acceptors (Lipinski definition) is 3. The van der Waals surface area contributed by atoms with Crippen molar-refractivity contribution >= 4 is 5.78 Å². The lowest BCUT2D eigenvalue weighted by molar-refractivity contribution is 0.0963. The molecule has 92 valence electrons. The summed E-state index contributed by atoms with van der Waals surface area (Å²) in [6, 6.07) is 7.20. The number of H-pyrrole nitrogens is 1. The van der Waals surface area contributed by atoms with E-state index in [2.05, 4.69) is 10.2 Å². The van der Waals surface area contributed by atoms with Crippen LogP contribution in [0.25, 0.3) is 0 Å². The van der Waals surface area contributed by atoms with Crippen LogP contribution in [0.3, 0.4) is 0 Å². The molecule has 0 aliphatic heterocycles. The maximum atomic E-state index is 12.1. The molecule has 0 fully saturated rings. The Morgan fingerprint density at radius 2 is 2.11 bits per heavy atom. The Morgan fingerprint density at radius 3 is 2.89 bits per heavy atom. The fourth-order valence-electron chi connectivity index (χ4n) is 2.68. The molecule has 0 radical (unpaired) electrons. The Labute approximate surface area is 105 Å². The summed E-state index contributed by atoms with van der Waals surface area (Å²) in [6.45, 7) is 1.87. The summed E-state index contributed by atoms with van der Waals surface area (Å²) in [5.41, 5.74) is 3.22. The van der Waals surface area contributed by atoms with Crippen molar-refractivity contribution in [2.24, 2.45) is 0 Å². The highest BCUT2D eigenvalue weighted by atomic mass is 16.3. The number of nitrogens with zero attached hydrogens (tertiary/aromatic N) is 1. The summed E-state index contributed by atoms with van der Waals surface area (Å²) < 4.78 is 0. The predicted octanol–water partition coefficient (Wildman–Crippen LogP) is 2.34. The van der Waals surface area contributed by atoms with E-state index in [-0.39, 0.29) is 17.5 Å². The van der Waals surface area contributed by atoms with Gasteiger partial charge in [-0.2, -0.15) is 5.10 Å². The molecule has 0 unspecified atom stereocenters. The Hall–Kier alpha value is -2.10. The first-order valence-electron chi connectivity index (χ1n) is 6.01. The van der Waals surface area contributed by atoms with Gasteiger partial charge >= 0.3 is 0 Å². The first kappa shape index (κ1) is 11.0. The van der Waals surface area contributed by atoms with Crippen LogP contribution in [-0.4, -0.2) is 21.1 Å². The number of carbonyl (C=O) groups excluding carboxylic acids is 1. The number of fused-ring (bicyclic) bond motifs is 1. The molecule has 0 saturated carbocycles. The number of aromatic amines is 1. The highest BCUT2D eigenvalue weighted by Gasteiger charge is 2.30. The van der Waals surface area contributed by atoms with Crippen molar-refractivity contribution < 1.29 is 9.90 Å². The van der Waals surface area contributed by atoms with Crippen molar-refractivity contribution in [3.63, 3.8) is 0 Å². The van der Waals surface area contributed by atoms with Gasteiger partial charge < -0.3 is 5.11 Å². The average molecular weight is 242 g/mol. The molecule has 0 bridgehead atoms. The van der Waals surface area contributed by atoms with Gasteiger partial charge in [-0.05, 0) is 25.0 Å². The zero-order valence-corrected chi connectivity index (χ0v) is 10.1. The van der Waals surface area contributed by atoms with Crippen LogP contribution in [0.2, 0.25) is 0 Å². The lowest BCUT2D eigenvalue weighted by Gasteiger charge is -2.21. The molecule has 4 heteroatoms. The van der Waals surface area contributed by atoms with E-state index < -0.39 is 0 Å². The van der Waals surface area contributed by atoms with E-state index in [0.717, 1.165) is 22.5 Å². The molecule has 18 heavy (non-hydrogen) atoms. The van der Waals surface area contributed by atoms with Crippen LogP contribution >= 0.6 is 0 Å². The zero-order valence-electron chi connectivity index (χ0n) is 10.1. The number of ketones is 1. The number of rotatable bonds is 1. The summed E-state index contributed by atoms with van der Waals surface area (Å²) in [5.74, 6) is 0.385. The summed E-state index contributed by atoms with van der Waals surface area (Å²) in [7, 11) is 0. The van der Waals surface area contributed by atoms with Crippen LogP contribution in [0, 0.1) is 6.92 Å². The molecule has 1 atom stereocenters. The molecule has 1 aromatic heterocycles. The second-order valence-electron chi connectivity index (χ2n) is 4.76. The van der Waals surface area contributed by atoms with Crippen molar-refractivity contribution in [1.29, 1.82) is 0 Å². The summed E-state index contributed by atoms with van der Waals surface area (Å²) >= 11 is 0. The molecular formula is C14H14N2O2. The Balaban J connectivity index is 2.00. The first-order valence-corrected chi connectivity index (χ1v) is 6.01. The van der Waals surface area contributed by atoms with Crippen molar-refractivity contribution in [3.05, 3.63) is 46.8 Å². The number of phenols is 1. The Kier molecular flexibility index (Phi) is 2.44. The number of aryl methyl sites for hydroxylation is 1. The lowest BCUT2D eigenvalue weighted by Crippen LogP contribution is -2.18. The van der Waals surface area contributed by atoms with Crippen molar-refractivity contribution in [2.45, 2.75) is 25.7 Å². The number of Topliss-reactive ketones (excluding diaryl/α,β-unsaturated/α-hetero) is 1. The minimum Gasteiger partial charge on any atom is -0.508 e. The SMILES string of the molecule is Cc1[nH]nc2c1C(=O)C[C@@H](c1ccccc1O)C2. The van der Waals surface area contributed by atoms with Gasteiger partial charge in [0.15, 0.2) is 5.78 Å². The smallest absolute Gasteiger partial charge is 0.167 e. The monoisotopic (exact) mass is 242 g/mol. The number of benzene rings is 1. The highest BCUT2D eigenvalue weighted by molar-refractivity contribution is 5.99. The molecule has 2 N–H and O–H groups in total. The molecule has 1 aliphatic rings. The largest absolute Gasteiger partial charge is 0.508 e. The number of hydrogen-bond donors (Lipinski definition) is 2. The predicted molar refractivity (Wildman–Crippen MR) is 66.8 cm³/mol. The Morgan fingerprint density at radius 1 is 1.33 bits per heavy atom. The van der Waals surface area contributed by atoms with E-state index >= 15 is 0 Å². The fraction of sp³-hybridized carbons (Fsp3) is 0.286. The van der Waals surface area contributed by atoms with Gasteiger partial charge in [0.2, 0.25) is 0 Å². The Bertz CT molecular complexity index is 616. The summed E-state index contributed by atoms with van der Waals surface area (Å²) in [6.07, 6.45) is 1.13. The zero-order chi connectivity index (χ0) is 12.7. The van der Waals surface area contributed by atoms with Crippen LogP contribution in [0.15, 0.2) is 24.3 Å². The lowest BCUT2D eigenvalue weighted by atomic mass is 9.81. The van der Waals surface area contributed by atoms with Crippen molar-refractivity contribution in [3.8, 4) is 5.75 Å². The normalized spacial score (nSPS) is 18.7. The summed E-state index contributed by atoms with van der Waals surface area (Å²) in [4.78, 5) is 12.1. The molecule has 2 aromatic rings. The van der Waals surface area contributed by atoms with E-state index in [1.54, 1.807) is 12.1 Å². The van der Waals surface area contributed by atoms with Crippen LogP contribution < -0.4 is 0 Å². The van der Waals surface area contributed by atoms with E-state index in [0.29, 0.717) is 12.8 Å². The van der Waals surface area contributed by atoms with Crippen LogP contribution in [0.4, 0.5) is 0 Å². The van der Waals surface area contributed by atoms with Gasteiger partial charge in [-0.1, -0.05) is 18.2 Å². The molecule has 1 aliphatic carbocycles. The van der Waals surface area contributed by atoms with Gasteiger partial charge in [0.1, 0.15) is 5.75 Å². The minimum atomic E-state index is 0.0221. The van der Waals surface area contributed by atoms with E-state index in [9.17, 15) is 9.90 Å². The van der Waals surface area contributed by atoms with Crippen LogP contribution in [0.1, 0.15) is 39.6 Å². The molecule has 4 nitrogen and oxygen atoms in total. The number of aromatic hydroxyl groups is 1. The number of aromatic nitrogens is 2. The van der Waals surface area contributed by atoms with E-state index in [1.807, 2.05) is 19.1 Å². The molecule has 0 spiro atoms. The summed E-state index contributed by atoms with van der Waals surface area (Å²) in [5, 5.41) is 16.9. The minimum absolute atomic E-state index is 0.0221. The number of phenolic OH excluding ortho intramolecular Hbond substituents is 1. The molecule has 1 aromatic carbocycles. The van der Waals surface area contributed by atoms with Crippen molar-refractivity contribution in [2.75, 3.05) is 0 Å². The third kappa shape index (κ3) is 1.61. The third-order valence-corrected chi connectivity index (χ3v) is 3.55. The molecule has 1 heterocycles. The van der Waals surface area contributed by atoms with Gasteiger partial charge in [0, 0.05) is 18.0 Å². The maximum Gasteiger partial charge on any atom is 0.167 e. The quantitative estimate of drug-likeness (QED) is 0.806. The maximum absolute atomic E-state index is 12.1. The van der Waals surface area contributed by atoms with Crippen LogP contribution in [-0.2, 0) is 6.42 Å². The highest BCUT2D eigenvalue weighted by Crippen LogP contribution is 2.36. The molecule has 0 amide bonds. The van der Waals surface area contributed by atoms with E-state index in [1.165, 1.54) is 0 Å². The third-order valence-electron chi connectivity index (χ3n) is 3.55. The van der Waals surface area contributed by atoms with Gasteiger partial charge in [-0.15, -0.1) is 0 Å². The van der Waals surface area contributed by atoms with Gasteiger partial charge in [0.25, 0.3) is 0 Å². The standard InChI is InChI=1S/C14H14N2O2/c1-8-14-11(16-15-8)6-9(7-13(14)18)10-4-2-3-5-12(10)17/h2-5,9,17H,6-7H2,1H3,(H,15,16)/t9-/m0/s1. The van der Waals surface area contributed by atoms with Gasteiger partial charge in [-0.3, -0.25) is 9.89 Å². The van der Waals surface area contributed by atoms with E-state index in [4.69, 9.17) is 0 Å². The molecular weight excluding hydrogens is 228 g/mol. The van der Waals surface area contributed by atoms with Crippen molar-refractivity contribution in [1.82, 2.24) is 10.2 Å². The number of carbonyl (C=O) groups is 1. The molecule has 3 rings (SSSR count). The fourth-order valence-corrected chi connectivity index (χ4v) is 2.68. The van der Waals surface area contributed by atoms with Crippen LogP contribution in [0.5, 0.6) is 5.75 Å². The second-order valence-corrected chi connectivity index (χ2v) is 4.76. The van der Waals surface area contributed by atoms with Gasteiger partial charge in [-0.25, -0.2) is 0 Å². The number of para-hydroxylation sites is 1. The first-order chi connectivity index (χ1) is 8.66. The topological polar surface area (TPSA) is 66.0 Å². The molecule has 0 saturated heterocycles. The van der Waals surface area contributed by atoms with Gasteiger partial charge in [0.05, 0.1) is 11.3 Å².